The molecule has 2 heterocycles. The smallest absolute Gasteiger partial charge is 0.253 e. The molecule has 0 aliphatic heterocycles. The Hall–Kier alpha value is -2.04. The van der Waals surface area contributed by atoms with Crippen molar-refractivity contribution in [3.63, 3.8) is 0 Å². The van der Waals surface area contributed by atoms with Crippen LogP contribution in [0.3, 0.4) is 0 Å². The van der Waals surface area contributed by atoms with E-state index in [0.717, 1.165) is 29.3 Å². The quantitative estimate of drug-likeness (QED) is 0.923. The van der Waals surface area contributed by atoms with Gasteiger partial charge >= 0.3 is 0 Å². The first kappa shape index (κ1) is 16.3. The molecule has 120 valence electrons. The summed E-state index contributed by atoms with van der Waals surface area (Å²) in [6, 6.07) is 1.86. The largest absolute Gasteiger partial charge is 0.349 e. The summed E-state index contributed by atoms with van der Waals surface area (Å²) in [6.45, 7) is 11.2. The van der Waals surface area contributed by atoms with Crippen molar-refractivity contribution in [3.05, 3.63) is 41.2 Å². The summed E-state index contributed by atoms with van der Waals surface area (Å²) in [5.74, 6) is 1.11. The van der Waals surface area contributed by atoms with Gasteiger partial charge in [0.15, 0.2) is 0 Å². The lowest BCUT2D eigenvalue weighted by molar-refractivity contribution is 0.0921. The van der Waals surface area contributed by atoms with Crippen LogP contribution in [0, 0.1) is 19.8 Å². The lowest BCUT2D eigenvalue weighted by atomic mass is 10.0. The highest BCUT2D eigenvalue weighted by atomic mass is 16.1. The van der Waals surface area contributed by atoms with Crippen molar-refractivity contribution in [2.45, 2.75) is 47.2 Å². The van der Waals surface area contributed by atoms with Gasteiger partial charge in [-0.25, -0.2) is 4.98 Å². The summed E-state index contributed by atoms with van der Waals surface area (Å²) in [7, 11) is 1.95. The van der Waals surface area contributed by atoms with Crippen LogP contribution < -0.4 is 5.32 Å². The van der Waals surface area contributed by atoms with Gasteiger partial charge in [0, 0.05) is 37.4 Å². The Bertz CT molecular complexity index is 666. The minimum absolute atomic E-state index is 0.0329. The zero-order valence-electron chi connectivity index (χ0n) is 14.3. The van der Waals surface area contributed by atoms with Gasteiger partial charge < -0.3 is 14.5 Å². The van der Waals surface area contributed by atoms with Crippen molar-refractivity contribution in [1.29, 1.82) is 0 Å². The van der Waals surface area contributed by atoms with E-state index in [1.165, 1.54) is 0 Å². The van der Waals surface area contributed by atoms with E-state index in [1.54, 1.807) is 6.20 Å². The van der Waals surface area contributed by atoms with E-state index in [2.05, 4.69) is 35.6 Å². The van der Waals surface area contributed by atoms with Crippen molar-refractivity contribution in [3.8, 4) is 0 Å². The molecular formula is C17H26N4O. The van der Waals surface area contributed by atoms with E-state index in [1.807, 2.05) is 37.7 Å². The number of nitrogens with one attached hydrogen (secondary N) is 1. The fraction of sp³-hybridized carbons (Fsp3) is 0.529. The number of carbonyl (C=O) groups excluding carboxylic acids is 1. The van der Waals surface area contributed by atoms with Gasteiger partial charge in [0.05, 0.1) is 11.6 Å². The Morgan fingerprint density at radius 1 is 1.36 bits per heavy atom. The van der Waals surface area contributed by atoms with Crippen LogP contribution >= 0.6 is 0 Å². The Labute approximate surface area is 132 Å². The highest BCUT2D eigenvalue weighted by molar-refractivity contribution is 5.96. The van der Waals surface area contributed by atoms with Crippen LogP contribution in [0.4, 0.5) is 0 Å². The van der Waals surface area contributed by atoms with Gasteiger partial charge in [0.1, 0.15) is 5.82 Å². The molecular weight excluding hydrogens is 276 g/mol. The number of nitrogens with zero attached hydrogens (tertiary/aromatic N) is 3. The summed E-state index contributed by atoms with van der Waals surface area (Å²) in [5.41, 5.74) is 2.88. The molecule has 2 aromatic rings. The number of rotatable bonds is 5. The van der Waals surface area contributed by atoms with Gasteiger partial charge in [0.25, 0.3) is 5.91 Å². The number of imidazole rings is 1. The summed E-state index contributed by atoms with van der Waals surface area (Å²) in [6.07, 6.45) is 3.67. The maximum absolute atomic E-state index is 12.7. The normalized spacial score (nSPS) is 12.7. The molecule has 0 fully saturated rings. The number of carbonyl (C=O) groups is 1. The second kappa shape index (κ2) is 6.38. The molecule has 0 radical (unpaired) electrons. The number of hydrogen-bond acceptors (Lipinski definition) is 2. The summed E-state index contributed by atoms with van der Waals surface area (Å²) in [5, 5.41) is 3.15. The Kier molecular flexibility index (Phi) is 4.74. The van der Waals surface area contributed by atoms with Crippen LogP contribution in [0.15, 0.2) is 18.5 Å². The molecule has 1 atom stereocenters. The molecule has 0 bridgehead atoms. The lowest BCUT2D eigenvalue weighted by Gasteiger charge is -2.22. The van der Waals surface area contributed by atoms with Crippen LogP contribution in [0.5, 0.6) is 0 Å². The fourth-order valence-corrected chi connectivity index (χ4v) is 2.94. The molecule has 22 heavy (non-hydrogen) atoms. The molecule has 0 unspecified atom stereocenters. The molecule has 5 nitrogen and oxygen atoms in total. The third-order valence-corrected chi connectivity index (χ3v) is 4.22. The maximum Gasteiger partial charge on any atom is 0.253 e. The molecule has 0 aliphatic carbocycles. The fourth-order valence-electron chi connectivity index (χ4n) is 2.94. The minimum atomic E-state index is -0.0998. The van der Waals surface area contributed by atoms with Crippen molar-refractivity contribution >= 4 is 5.91 Å². The number of aromatic nitrogens is 3. The molecule has 2 rings (SSSR count). The zero-order chi connectivity index (χ0) is 16.4. The van der Waals surface area contributed by atoms with E-state index < -0.39 is 0 Å². The van der Waals surface area contributed by atoms with Gasteiger partial charge in [-0.05, 0) is 32.8 Å². The maximum atomic E-state index is 12.7. The topological polar surface area (TPSA) is 51.9 Å². The molecule has 2 aromatic heterocycles. The molecule has 5 heteroatoms. The molecule has 0 aliphatic rings. The predicted molar refractivity (Wildman–Crippen MR) is 87.8 cm³/mol. The summed E-state index contributed by atoms with van der Waals surface area (Å²) >= 11 is 0. The lowest BCUT2D eigenvalue weighted by Crippen LogP contribution is -2.33. The highest BCUT2D eigenvalue weighted by Crippen LogP contribution is 2.22. The van der Waals surface area contributed by atoms with E-state index >= 15 is 0 Å². The SMILES string of the molecule is CCn1c(C)cc(C(=O)N[C@@H](c2nccn2C)C(C)C)c1C. The van der Waals surface area contributed by atoms with Crippen molar-refractivity contribution in [2.75, 3.05) is 0 Å². The zero-order valence-corrected chi connectivity index (χ0v) is 14.3. The second-order valence-corrected chi connectivity index (χ2v) is 6.12. The first-order valence-corrected chi connectivity index (χ1v) is 7.81. The van der Waals surface area contributed by atoms with Crippen molar-refractivity contribution in [1.82, 2.24) is 19.4 Å². The third-order valence-electron chi connectivity index (χ3n) is 4.22. The van der Waals surface area contributed by atoms with Gasteiger partial charge in [0.2, 0.25) is 0 Å². The molecule has 0 spiro atoms. The first-order chi connectivity index (χ1) is 10.4. The third kappa shape index (κ3) is 2.93. The molecule has 0 aromatic carbocycles. The van der Waals surface area contributed by atoms with Crippen LogP contribution in [0.1, 0.15) is 54.4 Å². The second-order valence-electron chi connectivity index (χ2n) is 6.12. The first-order valence-electron chi connectivity index (χ1n) is 7.81. The highest BCUT2D eigenvalue weighted by Gasteiger charge is 2.24. The molecule has 1 N–H and O–H groups in total. The van der Waals surface area contributed by atoms with Crippen LogP contribution in [-0.4, -0.2) is 20.0 Å². The van der Waals surface area contributed by atoms with E-state index in [4.69, 9.17) is 0 Å². The van der Waals surface area contributed by atoms with E-state index in [0.29, 0.717) is 0 Å². The van der Waals surface area contributed by atoms with Gasteiger partial charge in [-0.15, -0.1) is 0 Å². The molecule has 0 saturated carbocycles. The van der Waals surface area contributed by atoms with Crippen molar-refractivity contribution < 1.29 is 4.79 Å². The van der Waals surface area contributed by atoms with Gasteiger partial charge in [-0.2, -0.15) is 0 Å². The van der Waals surface area contributed by atoms with E-state index in [9.17, 15) is 4.79 Å². The molecule has 1 amide bonds. The predicted octanol–water partition coefficient (Wildman–Crippen LogP) is 2.99. The Morgan fingerprint density at radius 2 is 2.05 bits per heavy atom. The van der Waals surface area contributed by atoms with E-state index in [-0.39, 0.29) is 17.9 Å². The average molecular weight is 302 g/mol. The van der Waals surface area contributed by atoms with Crippen LogP contribution in [0.25, 0.3) is 0 Å². The number of hydrogen-bond donors (Lipinski definition) is 1. The van der Waals surface area contributed by atoms with Crippen molar-refractivity contribution in [2.24, 2.45) is 13.0 Å². The Balaban J connectivity index is 2.28. The molecule has 0 saturated heterocycles. The van der Waals surface area contributed by atoms with Gasteiger partial charge in [-0.1, -0.05) is 13.8 Å². The van der Waals surface area contributed by atoms with Gasteiger partial charge in [-0.3, -0.25) is 4.79 Å². The summed E-state index contributed by atoms with van der Waals surface area (Å²) < 4.78 is 4.11. The number of amides is 1. The average Bonchev–Trinajstić information content (AvgIpc) is 2.99. The summed E-state index contributed by atoms with van der Waals surface area (Å²) in [4.78, 5) is 17.1. The van der Waals surface area contributed by atoms with Crippen LogP contribution in [0.2, 0.25) is 0 Å². The number of aryl methyl sites for hydroxylation is 2. The Morgan fingerprint density at radius 3 is 2.50 bits per heavy atom. The monoisotopic (exact) mass is 302 g/mol. The van der Waals surface area contributed by atoms with Crippen LogP contribution in [-0.2, 0) is 13.6 Å². The minimum Gasteiger partial charge on any atom is -0.349 e. The standard InChI is InChI=1S/C17H26N4O/c1-7-21-12(4)10-14(13(21)5)17(22)19-15(11(2)3)16-18-8-9-20(16)6/h8-11,15H,7H2,1-6H3,(H,19,22)/t15-/m1/s1.